The predicted octanol–water partition coefficient (Wildman–Crippen LogP) is 2.09. The van der Waals surface area contributed by atoms with E-state index in [1.807, 2.05) is 36.4 Å². The van der Waals surface area contributed by atoms with Crippen LogP contribution in [0.5, 0.6) is 0 Å². The molecule has 2 amide bonds. The standard InChI is InChI=1S/C18H19N3O2/c19-11-15-3-5-16(6-4-15)12-21-18(23)20-10-9-14-1-7-17(13-22)8-2-14/h1-8,22H,9-10,12-13H2,(H2,20,21,23). The molecule has 0 aliphatic rings. The van der Waals surface area contributed by atoms with Gasteiger partial charge in [0.2, 0.25) is 0 Å². The van der Waals surface area contributed by atoms with Crippen LogP contribution in [-0.2, 0) is 19.6 Å². The number of nitrogens with zero attached hydrogens (tertiary/aromatic N) is 1. The first-order valence-electron chi connectivity index (χ1n) is 7.40. The average Bonchev–Trinajstić information content (AvgIpc) is 2.61. The fourth-order valence-corrected chi connectivity index (χ4v) is 2.07. The fourth-order valence-electron chi connectivity index (χ4n) is 2.07. The first kappa shape index (κ1) is 16.5. The Balaban J connectivity index is 1.69. The number of nitrogens with one attached hydrogen (secondary N) is 2. The minimum atomic E-state index is -0.221. The molecule has 0 saturated heterocycles. The number of carbonyl (C=O) groups is 1. The highest BCUT2D eigenvalue weighted by atomic mass is 16.3. The number of hydrogen-bond donors (Lipinski definition) is 3. The number of rotatable bonds is 6. The molecule has 0 fully saturated rings. The van der Waals surface area contributed by atoms with Gasteiger partial charge in [0.25, 0.3) is 0 Å². The second-order valence-corrected chi connectivity index (χ2v) is 5.14. The third kappa shape index (κ3) is 5.46. The summed E-state index contributed by atoms with van der Waals surface area (Å²) >= 11 is 0. The van der Waals surface area contributed by atoms with Gasteiger partial charge in [-0.3, -0.25) is 0 Å². The molecule has 5 nitrogen and oxygen atoms in total. The summed E-state index contributed by atoms with van der Waals surface area (Å²) in [6.07, 6.45) is 0.732. The minimum Gasteiger partial charge on any atom is -0.392 e. The Morgan fingerprint density at radius 2 is 1.57 bits per heavy atom. The first-order valence-corrected chi connectivity index (χ1v) is 7.40. The predicted molar refractivity (Wildman–Crippen MR) is 87.5 cm³/mol. The van der Waals surface area contributed by atoms with Crippen LogP contribution >= 0.6 is 0 Å². The first-order chi connectivity index (χ1) is 11.2. The normalized spacial score (nSPS) is 9.91. The molecule has 0 aliphatic heterocycles. The van der Waals surface area contributed by atoms with Crippen LogP contribution in [0.1, 0.15) is 22.3 Å². The SMILES string of the molecule is N#Cc1ccc(CNC(=O)NCCc2ccc(CO)cc2)cc1. The van der Waals surface area contributed by atoms with Gasteiger partial charge in [-0.1, -0.05) is 36.4 Å². The Labute approximate surface area is 135 Å². The van der Waals surface area contributed by atoms with Crippen molar-refractivity contribution >= 4 is 6.03 Å². The summed E-state index contributed by atoms with van der Waals surface area (Å²) in [6, 6.07) is 16.6. The molecule has 2 aromatic carbocycles. The number of urea groups is 1. The molecule has 118 valence electrons. The van der Waals surface area contributed by atoms with Gasteiger partial charge in [-0.05, 0) is 35.2 Å². The third-order valence-electron chi connectivity index (χ3n) is 3.44. The maximum Gasteiger partial charge on any atom is 0.315 e. The molecule has 0 atom stereocenters. The quantitative estimate of drug-likeness (QED) is 0.764. The van der Waals surface area contributed by atoms with E-state index in [0.717, 1.165) is 23.1 Å². The second kappa shape index (κ2) is 8.57. The van der Waals surface area contributed by atoms with Crippen LogP contribution in [0.2, 0.25) is 0 Å². The summed E-state index contributed by atoms with van der Waals surface area (Å²) in [4.78, 5) is 11.7. The Bertz CT molecular complexity index is 673. The van der Waals surface area contributed by atoms with Crippen LogP contribution in [-0.4, -0.2) is 17.7 Å². The van der Waals surface area contributed by atoms with Crippen molar-refractivity contribution in [3.8, 4) is 6.07 Å². The van der Waals surface area contributed by atoms with Gasteiger partial charge in [0.1, 0.15) is 0 Å². The van der Waals surface area contributed by atoms with Gasteiger partial charge in [0.15, 0.2) is 0 Å². The maximum atomic E-state index is 11.7. The molecule has 0 unspecified atom stereocenters. The molecule has 0 heterocycles. The summed E-state index contributed by atoms with van der Waals surface area (Å²) in [5.74, 6) is 0. The molecule has 5 heteroatoms. The zero-order valence-corrected chi connectivity index (χ0v) is 12.7. The molecule has 0 saturated carbocycles. The van der Waals surface area contributed by atoms with Gasteiger partial charge in [-0.25, -0.2) is 4.79 Å². The van der Waals surface area contributed by atoms with Crippen LogP contribution in [0.3, 0.4) is 0 Å². The van der Waals surface area contributed by atoms with E-state index in [1.54, 1.807) is 12.1 Å². The van der Waals surface area contributed by atoms with E-state index in [9.17, 15) is 4.79 Å². The molecule has 0 radical (unpaired) electrons. The summed E-state index contributed by atoms with van der Waals surface area (Å²) in [6.45, 7) is 0.997. The number of nitriles is 1. The molecule has 0 spiro atoms. The van der Waals surface area contributed by atoms with E-state index in [2.05, 4.69) is 16.7 Å². The van der Waals surface area contributed by atoms with Gasteiger partial charge in [0.05, 0.1) is 18.2 Å². The van der Waals surface area contributed by atoms with Crippen LogP contribution < -0.4 is 10.6 Å². The van der Waals surface area contributed by atoms with Crippen molar-refractivity contribution in [2.75, 3.05) is 6.54 Å². The zero-order valence-electron chi connectivity index (χ0n) is 12.7. The fraction of sp³-hybridized carbons (Fsp3) is 0.222. The molecule has 2 rings (SSSR count). The Morgan fingerprint density at radius 3 is 2.17 bits per heavy atom. The Kier molecular flexibility index (Phi) is 6.16. The van der Waals surface area contributed by atoms with Gasteiger partial charge < -0.3 is 15.7 Å². The van der Waals surface area contributed by atoms with Crippen LogP contribution in [0.25, 0.3) is 0 Å². The smallest absolute Gasteiger partial charge is 0.315 e. The molecule has 2 aromatic rings. The monoisotopic (exact) mass is 309 g/mol. The Hall–Kier alpha value is -2.84. The van der Waals surface area contributed by atoms with Crippen molar-refractivity contribution in [3.05, 3.63) is 70.8 Å². The highest BCUT2D eigenvalue weighted by Crippen LogP contribution is 2.05. The van der Waals surface area contributed by atoms with E-state index in [-0.39, 0.29) is 12.6 Å². The van der Waals surface area contributed by atoms with Gasteiger partial charge in [-0.15, -0.1) is 0 Å². The van der Waals surface area contributed by atoms with Crippen molar-refractivity contribution < 1.29 is 9.90 Å². The van der Waals surface area contributed by atoms with E-state index in [4.69, 9.17) is 10.4 Å². The van der Waals surface area contributed by atoms with E-state index >= 15 is 0 Å². The number of carbonyl (C=O) groups excluding carboxylic acids is 1. The summed E-state index contributed by atoms with van der Waals surface area (Å²) in [5, 5.41) is 23.3. The molecule has 0 aliphatic carbocycles. The molecular formula is C18H19N3O2. The lowest BCUT2D eigenvalue weighted by Crippen LogP contribution is -2.36. The molecule has 0 bridgehead atoms. The molecular weight excluding hydrogens is 290 g/mol. The summed E-state index contributed by atoms with van der Waals surface area (Å²) < 4.78 is 0. The summed E-state index contributed by atoms with van der Waals surface area (Å²) in [5.41, 5.74) is 3.53. The van der Waals surface area contributed by atoms with Crippen molar-refractivity contribution in [2.45, 2.75) is 19.6 Å². The highest BCUT2D eigenvalue weighted by molar-refractivity contribution is 5.73. The van der Waals surface area contributed by atoms with E-state index in [0.29, 0.717) is 18.7 Å². The Morgan fingerprint density at radius 1 is 0.957 bits per heavy atom. The molecule has 3 N–H and O–H groups in total. The van der Waals surface area contributed by atoms with Gasteiger partial charge in [-0.2, -0.15) is 5.26 Å². The third-order valence-corrected chi connectivity index (χ3v) is 3.44. The maximum absolute atomic E-state index is 11.7. The second-order valence-electron chi connectivity index (χ2n) is 5.14. The lowest BCUT2D eigenvalue weighted by Gasteiger charge is -2.08. The van der Waals surface area contributed by atoms with Crippen molar-refractivity contribution in [2.24, 2.45) is 0 Å². The minimum absolute atomic E-state index is 0.0380. The van der Waals surface area contributed by atoms with Crippen LogP contribution in [0.4, 0.5) is 4.79 Å². The van der Waals surface area contributed by atoms with E-state index in [1.165, 1.54) is 0 Å². The van der Waals surface area contributed by atoms with E-state index < -0.39 is 0 Å². The molecule has 0 aromatic heterocycles. The molecule has 23 heavy (non-hydrogen) atoms. The van der Waals surface area contributed by atoms with Crippen LogP contribution in [0.15, 0.2) is 48.5 Å². The van der Waals surface area contributed by atoms with Crippen molar-refractivity contribution in [3.63, 3.8) is 0 Å². The zero-order chi connectivity index (χ0) is 16.5. The number of hydrogen-bond acceptors (Lipinski definition) is 3. The van der Waals surface area contributed by atoms with Gasteiger partial charge in [0, 0.05) is 13.1 Å². The highest BCUT2D eigenvalue weighted by Gasteiger charge is 2.01. The van der Waals surface area contributed by atoms with Crippen molar-refractivity contribution in [1.82, 2.24) is 10.6 Å². The number of aliphatic hydroxyl groups is 1. The number of aliphatic hydroxyl groups excluding tert-OH is 1. The summed E-state index contributed by atoms with van der Waals surface area (Å²) in [7, 11) is 0. The number of amides is 2. The number of benzene rings is 2. The lowest BCUT2D eigenvalue weighted by atomic mass is 10.1. The van der Waals surface area contributed by atoms with Crippen LogP contribution in [0, 0.1) is 11.3 Å². The topological polar surface area (TPSA) is 85.2 Å². The lowest BCUT2D eigenvalue weighted by molar-refractivity contribution is 0.240. The average molecular weight is 309 g/mol. The van der Waals surface area contributed by atoms with Gasteiger partial charge >= 0.3 is 6.03 Å². The largest absolute Gasteiger partial charge is 0.392 e. The van der Waals surface area contributed by atoms with Crippen molar-refractivity contribution in [1.29, 1.82) is 5.26 Å².